The number of hydrogen-bond donors (Lipinski definition) is 7. The Kier molecular flexibility index (Phi) is 10.3. The third-order valence-electron chi connectivity index (χ3n) is 4.67. The van der Waals surface area contributed by atoms with E-state index in [0.29, 0.717) is 12.1 Å². The fraction of sp³-hybridized carbons (Fsp3) is 0.611. The predicted molar refractivity (Wildman–Crippen MR) is 113 cm³/mol. The molecule has 0 saturated heterocycles. The number of carboxylic acid groups (broad SMARTS) is 1. The van der Waals surface area contributed by atoms with Crippen LogP contribution in [0, 0.1) is 5.92 Å². The number of hydrogen-bond acceptors (Lipinski definition) is 7. The molecule has 1 heterocycles. The quantitative estimate of drug-likeness (QED) is 0.199. The van der Waals surface area contributed by atoms with Gasteiger partial charge in [-0.1, -0.05) is 20.3 Å². The largest absolute Gasteiger partial charge is 0.480 e. The molecule has 11 nitrogen and oxygen atoms in total. The van der Waals surface area contributed by atoms with Crippen molar-refractivity contribution in [3.63, 3.8) is 0 Å². The minimum Gasteiger partial charge on any atom is -0.480 e. The first-order chi connectivity index (χ1) is 14.1. The number of thiol groups is 1. The monoisotopic (exact) mass is 442 g/mol. The Morgan fingerprint density at radius 1 is 1.17 bits per heavy atom. The normalized spacial score (nSPS) is 15.9. The summed E-state index contributed by atoms with van der Waals surface area (Å²) >= 11 is 4.11. The average molecular weight is 443 g/mol. The lowest BCUT2D eigenvalue weighted by Gasteiger charge is -2.27. The first-order valence-electron chi connectivity index (χ1n) is 9.58. The summed E-state index contributed by atoms with van der Waals surface area (Å²) in [5.41, 5.74) is 6.55. The number of imidazole rings is 1. The molecule has 0 spiro atoms. The molecule has 0 aliphatic carbocycles. The van der Waals surface area contributed by atoms with Crippen molar-refractivity contribution in [2.75, 3.05) is 5.75 Å². The molecular weight excluding hydrogens is 412 g/mol. The second-order valence-corrected chi connectivity index (χ2v) is 7.44. The van der Waals surface area contributed by atoms with Crippen LogP contribution in [0.1, 0.15) is 32.9 Å². The maximum Gasteiger partial charge on any atom is 0.325 e. The number of amides is 3. The zero-order chi connectivity index (χ0) is 22.8. The van der Waals surface area contributed by atoms with E-state index in [0.717, 1.165) is 0 Å². The number of nitrogens with one attached hydrogen (secondary N) is 4. The van der Waals surface area contributed by atoms with Crippen molar-refractivity contribution in [2.45, 2.75) is 57.8 Å². The molecule has 0 aliphatic heterocycles. The summed E-state index contributed by atoms with van der Waals surface area (Å²) in [6.07, 6.45) is 3.78. The summed E-state index contributed by atoms with van der Waals surface area (Å²) in [6, 6.07) is -4.01. The molecule has 12 heteroatoms. The van der Waals surface area contributed by atoms with Crippen molar-refractivity contribution in [2.24, 2.45) is 11.7 Å². The van der Waals surface area contributed by atoms with Gasteiger partial charge in [0.05, 0.1) is 12.4 Å². The van der Waals surface area contributed by atoms with Gasteiger partial charge in [0.2, 0.25) is 17.7 Å². The third-order valence-corrected chi connectivity index (χ3v) is 5.03. The summed E-state index contributed by atoms with van der Waals surface area (Å²) < 4.78 is 0. The molecule has 168 valence electrons. The number of rotatable bonds is 12. The van der Waals surface area contributed by atoms with Gasteiger partial charge >= 0.3 is 5.97 Å². The number of aliphatic carboxylic acids is 1. The topological polar surface area (TPSA) is 179 Å². The van der Waals surface area contributed by atoms with Crippen molar-refractivity contribution in [3.8, 4) is 0 Å². The van der Waals surface area contributed by atoms with Crippen molar-refractivity contribution in [1.82, 2.24) is 25.9 Å². The van der Waals surface area contributed by atoms with Crippen LogP contribution in [0.5, 0.6) is 0 Å². The number of nitrogens with two attached hydrogens (primary N) is 1. The highest BCUT2D eigenvalue weighted by molar-refractivity contribution is 7.80. The first-order valence-corrected chi connectivity index (χ1v) is 10.2. The summed E-state index contributed by atoms with van der Waals surface area (Å²) in [5, 5.41) is 16.4. The molecule has 5 unspecified atom stereocenters. The van der Waals surface area contributed by atoms with Gasteiger partial charge in [-0.15, -0.1) is 0 Å². The molecule has 0 aromatic carbocycles. The van der Waals surface area contributed by atoms with Crippen LogP contribution in [-0.4, -0.2) is 68.7 Å². The van der Waals surface area contributed by atoms with Gasteiger partial charge in [0, 0.05) is 24.1 Å². The minimum atomic E-state index is -1.19. The van der Waals surface area contributed by atoms with Crippen LogP contribution in [0.2, 0.25) is 0 Å². The zero-order valence-corrected chi connectivity index (χ0v) is 18.1. The SMILES string of the molecule is CCC(C)C(NC(=O)C(CS)NC(=O)C(N)Cc1cnc[nH]1)C(=O)NC(C)C(=O)O. The van der Waals surface area contributed by atoms with E-state index in [1.54, 1.807) is 13.1 Å². The fourth-order valence-corrected chi connectivity index (χ4v) is 2.78. The maximum absolute atomic E-state index is 12.7. The Hall–Kier alpha value is -2.60. The van der Waals surface area contributed by atoms with Gasteiger partial charge in [-0.05, 0) is 12.8 Å². The van der Waals surface area contributed by atoms with Crippen LogP contribution >= 0.6 is 12.6 Å². The van der Waals surface area contributed by atoms with E-state index in [2.05, 4.69) is 38.5 Å². The molecule has 1 rings (SSSR count). The highest BCUT2D eigenvalue weighted by atomic mass is 32.1. The molecule has 7 N–H and O–H groups in total. The summed E-state index contributed by atoms with van der Waals surface area (Å²) in [7, 11) is 0. The van der Waals surface area contributed by atoms with Crippen molar-refractivity contribution in [1.29, 1.82) is 0 Å². The maximum atomic E-state index is 12.7. The number of carbonyl (C=O) groups is 4. The second kappa shape index (κ2) is 12.2. The Morgan fingerprint density at radius 2 is 1.83 bits per heavy atom. The highest BCUT2D eigenvalue weighted by Gasteiger charge is 2.31. The minimum absolute atomic E-state index is 0.0191. The molecule has 5 atom stereocenters. The Balaban J connectivity index is 2.77. The van der Waals surface area contributed by atoms with E-state index < -0.39 is 47.9 Å². The molecule has 0 radical (unpaired) electrons. The molecule has 1 aromatic heterocycles. The highest BCUT2D eigenvalue weighted by Crippen LogP contribution is 2.09. The molecule has 0 aliphatic rings. The molecule has 0 saturated carbocycles. The number of carboxylic acids is 1. The van der Waals surface area contributed by atoms with Crippen LogP contribution in [0.4, 0.5) is 0 Å². The molecule has 30 heavy (non-hydrogen) atoms. The summed E-state index contributed by atoms with van der Waals surface area (Å²) in [4.78, 5) is 55.2. The van der Waals surface area contributed by atoms with Crippen molar-refractivity contribution >= 4 is 36.3 Å². The van der Waals surface area contributed by atoms with E-state index in [-0.39, 0.29) is 18.1 Å². The van der Waals surface area contributed by atoms with E-state index in [9.17, 15) is 19.2 Å². The Labute approximate surface area is 180 Å². The Bertz CT molecular complexity index is 729. The van der Waals surface area contributed by atoms with Crippen LogP contribution < -0.4 is 21.7 Å². The van der Waals surface area contributed by atoms with E-state index in [1.807, 2.05) is 6.92 Å². The second-order valence-electron chi connectivity index (χ2n) is 7.07. The standard InChI is InChI=1S/C18H30N6O5S/c1-4-9(2)14(17(27)22-10(3)18(28)29)24-16(26)13(7-30)23-15(25)12(19)5-11-6-20-8-21-11/h6,8-10,12-14,30H,4-5,7,19H2,1-3H3,(H,20,21)(H,22,27)(H,23,25)(H,24,26)(H,28,29). The van der Waals surface area contributed by atoms with Crippen molar-refractivity contribution in [3.05, 3.63) is 18.2 Å². The summed E-state index contributed by atoms with van der Waals surface area (Å²) in [5.74, 6) is -3.27. The molecule has 1 aromatic rings. The van der Waals surface area contributed by atoms with Gasteiger partial charge in [-0.25, -0.2) is 4.98 Å². The van der Waals surface area contributed by atoms with Crippen LogP contribution in [-0.2, 0) is 25.6 Å². The lowest BCUT2D eigenvalue weighted by molar-refractivity contribution is -0.142. The van der Waals surface area contributed by atoms with Crippen molar-refractivity contribution < 1.29 is 24.3 Å². The molecule has 0 bridgehead atoms. The zero-order valence-electron chi connectivity index (χ0n) is 17.2. The van der Waals surface area contributed by atoms with Gasteiger partial charge < -0.3 is 31.8 Å². The third kappa shape index (κ3) is 7.67. The number of aromatic amines is 1. The van der Waals surface area contributed by atoms with Crippen LogP contribution in [0.25, 0.3) is 0 Å². The first kappa shape index (κ1) is 25.4. The van der Waals surface area contributed by atoms with Gasteiger partial charge in [0.1, 0.15) is 18.1 Å². The fourth-order valence-electron chi connectivity index (χ4n) is 2.52. The molecule has 3 amide bonds. The Morgan fingerprint density at radius 3 is 2.33 bits per heavy atom. The number of aromatic nitrogens is 2. The lowest BCUT2D eigenvalue weighted by Crippen LogP contribution is -2.59. The number of H-pyrrole nitrogens is 1. The van der Waals surface area contributed by atoms with Crippen LogP contribution in [0.3, 0.4) is 0 Å². The lowest BCUT2D eigenvalue weighted by atomic mass is 9.97. The molecule has 0 fully saturated rings. The van der Waals surface area contributed by atoms with E-state index in [1.165, 1.54) is 13.3 Å². The summed E-state index contributed by atoms with van der Waals surface area (Å²) in [6.45, 7) is 4.92. The van der Waals surface area contributed by atoms with Gasteiger partial charge in [0.25, 0.3) is 0 Å². The van der Waals surface area contributed by atoms with E-state index in [4.69, 9.17) is 10.8 Å². The number of carbonyl (C=O) groups excluding carboxylic acids is 3. The average Bonchev–Trinajstić information content (AvgIpc) is 3.21. The smallest absolute Gasteiger partial charge is 0.325 e. The van der Waals surface area contributed by atoms with Gasteiger partial charge in [-0.3, -0.25) is 19.2 Å². The predicted octanol–water partition coefficient (Wildman–Crippen LogP) is -1.19. The van der Waals surface area contributed by atoms with E-state index >= 15 is 0 Å². The van der Waals surface area contributed by atoms with Crippen LogP contribution in [0.15, 0.2) is 12.5 Å². The van der Waals surface area contributed by atoms with Gasteiger partial charge in [-0.2, -0.15) is 12.6 Å². The number of nitrogens with zero attached hydrogens (tertiary/aromatic N) is 1. The van der Waals surface area contributed by atoms with Gasteiger partial charge in [0.15, 0.2) is 0 Å². The molecular formula is C18H30N6O5S.